The van der Waals surface area contributed by atoms with E-state index in [0.717, 1.165) is 10.5 Å². The van der Waals surface area contributed by atoms with Crippen LogP contribution >= 0.6 is 15.9 Å². The predicted molar refractivity (Wildman–Crippen MR) is 47.6 cm³/mol. The van der Waals surface area contributed by atoms with Crippen molar-refractivity contribution in [3.05, 3.63) is 46.6 Å². The Labute approximate surface area is 107 Å². The SMILES string of the molecule is O=C(/C=C\[O-])c1cccc(Br)c1.[Na+]. The molecule has 4 heteroatoms. The van der Waals surface area contributed by atoms with Crippen LogP contribution in [0.25, 0.3) is 0 Å². The molecule has 0 aliphatic rings. The van der Waals surface area contributed by atoms with Crippen LogP contribution in [0, 0.1) is 0 Å². The molecule has 0 aliphatic carbocycles. The summed E-state index contributed by atoms with van der Waals surface area (Å²) in [6, 6.07) is 6.89. The molecular formula is C9H6BrNaO2. The quantitative estimate of drug-likeness (QED) is 0.277. The van der Waals surface area contributed by atoms with E-state index in [4.69, 9.17) is 0 Å². The molecule has 1 rings (SSSR count). The summed E-state index contributed by atoms with van der Waals surface area (Å²) in [4.78, 5) is 11.1. The number of allylic oxidation sites excluding steroid dienone is 1. The number of carbonyl (C=O) groups excluding carboxylic acids is 1. The van der Waals surface area contributed by atoms with E-state index in [1.807, 2.05) is 6.07 Å². The molecule has 62 valence electrons. The van der Waals surface area contributed by atoms with Crippen molar-refractivity contribution in [2.45, 2.75) is 0 Å². The second-order valence-corrected chi connectivity index (χ2v) is 3.09. The fraction of sp³-hybridized carbons (Fsp3) is 0. The van der Waals surface area contributed by atoms with Gasteiger partial charge >= 0.3 is 29.6 Å². The molecule has 13 heavy (non-hydrogen) atoms. The Balaban J connectivity index is 0.00000144. The van der Waals surface area contributed by atoms with Crippen molar-refractivity contribution in [3.8, 4) is 0 Å². The molecule has 0 bridgehead atoms. The molecule has 2 nitrogen and oxygen atoms in total. The first kappa shape index (κ1) is 12.9. The van der Waals surface area contributed by atoms with Crippen molar-refractivity contribution in [2.75, 3.05) is 0 Å². The van der Waals surface area contributed by atoms with Crippen LogP contribution in [0.2, 0.25) is 0 Å². The Kier molecular flexibility index (Phi) is 6.33. The van der Waals surface area contributed by atoms with Crippen LogP contribution in [0.5, 0.6) is 0 Å². The number of carbonyl (C=O) groups is 1. The number of benzene rings is 1. The van der Waals surface area contributed by atoms with Gasteiger partial charge in [0, 0.05) is 10.0 Å². The summed E-state index contributed by atoms with van der Waals surface area (Å²) in [6.45, 7) is 0. The van der Waals surface area contributed by atoms with Crippen LogP contribution in [0.3, 0.4) is 0 Å². The fourth-order valence-electron chi connectivity index (χ4n) is 0.800. The van der Waals surface area contributed by atoms with Gasteiger partial charge in [0.2, 0.25) is 0 Å². The maximum absolute atomic E-state index is 11.1. The van der Waals surface area contributed by atoms with Crippen molar-refractivity contribution in [1.82, 2.24) is 0 Å². The first-order chi connectivity index (χ1) is 5.74. The molecule has 0 fully saturated rings. The molecule has 0 heterocycles. The summed E-state index contributed by atoms with van der Waals surface area (Å²) in [6.07, 6.45) is 1.49. The van der Waals surface area contributed by atoms with E-state index >= 15 is 0 Å². The standard InChI is InChI=1S/C9H7BrO2.Na/c10-8-3-1-2-7(6-8)9(12)4-5-11;/h1-6,11H;/q;+1/p-1/b5-4-;. The number of rotatable bonds is 2. The van der Waals surface area contributed by atoms with Crippen LogP contribution in [-0.2, 0) is 0 Å². The van der Waals surface area contributed by atoms with Crippen LogP contribution < -0.4 is 34.7 Å². The van der Waals surface area contributed by atoms with E-state index in [1.165, 1.54) is 0 Å². The third-order valence-electron chi connectivity index (χ3n) is 1.33. The molecule has 0 spiro atoms. The molecule has 0 aromatic heterocycles. The Bertz CT molecular complexity index is 323. The van der Waals surface area contributed by atoms with Crippen molar-refractivity contribution < 1.29 is 39.5 Å². The molecular weight excluding hydrogens is 243 g/mol. The first-order valence-electron chi connectivity index (χ1n) is 3.32. The second-order valence-electron chi connectivity index (χ2n) is 2.18. The summed E-state index contributed by atoms with van der Waals surface area (Å²) >= 11 is 3.23. The van der Waals surface area contributed by atoms with Crippen LogP contribution in [-0.4, -0.2) is 5.78 Å². The number of halogens is 1. The van der Waals surface area contributed by atoms with E-state index in [2.05, 4.69) is 15.9 Å². The monoisotopic (exact) mass is 248 g/mol. The third kappa shape index (κ3) is 4.09. The Morgan fingerprint density at radius 3 is 2.69 bits per heavy atom. The molecule has 1 aromatic rings. The minimum atomic E-state index is -0.272. The van der Waals surface area contributed by atoms with Gasteiger partial charge in [-0.2, -0.15) is 0 Å². The van der Waals surface area contributed by atoms with Crippen LogP contribution in [0.15, 0.2) is 41.1 Å². The molecule has 0 amide bonds. The average molecular weight is 249 g/mol. The topological polar surface area (TPSA) is 40.1 Å². The largest absolute Gasteiger partial charge is 1.00 e. The fourth-order valence-corrected chi connectivity index (χ4v) is 1.20. The molecule has 0 unspecified atom stereocenters. The Morgan fingerprint density at radius 1 is 1.46 bits per heavy atom. The van der Waals surface area contributed by atoms with E-state index < -0.39 is 0 Å². The summed E-state index contributed by atoms with van der Waals surface area (Å²) in [5.41, 5.74) is 0.511. The maximum atomic E-state index is 11.1. The summed E-state index contributed by atoms with van der Waals surface area (Å²) in [7, 11) is 0. The van der Waals surface area contributed by atoms with Crippen molar-refractivity contribution in [1.29, 1.82) is 0 Å². The maximum Gasteiger partial charge on any atom is 1.00 e. The summed E-state index contributed by atoms with van der Waals surface area (Å²) in [5.74, 6) is -0.272. The first-order valence-corrected chi connectivity index (χ1v) is 4.12. The summed E-state index contributed by atoms with van der Waals surface area (Å²) < 4.78 is 0.827. The van der Waals surface area contributed by atoms with Crippen molar-refractivity contribution in [3.63, 3.8) is 0 Å². The van der Waals surface area contributed by atoms with E-state index in [9.17, 15) is 9.90 Å². The number of hydrogen-bond donors (Lipinski definition) is 0. The molecule has 1 aromatic carbocycles. The average Bonchev–Trinajstić information content (AvgIpc) is 2.05. The smallest absolute Gasteiger partial charge is 0.878 e. The zero-order valence-corrected chi connectivity index (χ0v) is 10.7. The van der Waals surface area contributed by atoms with Gasteiger partial charge in [-0.05, 0) is 18.2 Å². The molecule has 0 aliphatic heterocycles. The second kappa shape index (κ2) is 6.38. The van der Waals surface area contributed by atoms with E-state index in [0.29, 0.717) is 11.8 Å². The third-order valence-corrected chi connectivity index (χ3v) is 1.82. The van der Waals surface area contributed by atoms with Gasteiger partial charge in [0.25, 0.3) is 0 Å². The van der Waals surface area contributed by atoms with E-state index in [-0.39, 0.29) is 35.3 Å². The minimum absolute atomic E-state index is 0. The minimum Gasteiger partial charge on any atom is -0.878 e. The van der Waals surface area contributed by atoms with Gasteiger partial charge in [0.05, 0.1) is 0 Å². The van der Waals surface area contributed by atoms with Gasteiger partial charge in [-0.3, -0.25) is 4.79 Å². The van der Waals surface area contributed by atoms with Gasteiger partial charge in [0.1, 0.15) is 0 Å². The number of ketones is 1. The zero-order chi connectivity index (χ0) is 8.97. The Morgan fingerprint density at radius 2 is 2.15 bits per heavy atom. The van der Waals surface area contributed by atoms with Gasteiger partial charge in [-0.25, -0.2) is 0 Å². The predicted octanol–water partition coefficient (Wildman–Crippen LogP) is -1.49. The molecule has 0 N–H and O–H groups in total. The molecule has 0 saturated carbocycles. The van der Waals surface area contributed by atoms with Gasteiger partial charge in [-0.15, -0.1) is 6.26 Å². The molecule has 0 saturated heterocycles. The normalized spacial score (nSPS) is 9.62. The summed E-state index contributed by atoms with van der Waals surface area (Å²) in [5, 5.41) is 9.99. The van der Waals surface area contributed by atoms with Crippen LogP contribution in [0.4, 0.5) is 0 Å². The van der Waals surface area contributed by atoms with Crippen LogP contribution in [0.1, 0.15) is 10.4 Å². The van der Waals surface area contributed by atoms with E-state index in [1.54, 1.807) is 18.2 Å². The zero-order valence-electron chi connectivity index (χ0n) is 7.16. The van der Waals surface area contributed by atoms with Crippen molar-refractivity contribution in [2.24, 2.45) is 0 Å². The molecule has 0 radical (unpaired) electrons. The van der Waals surface area contributed by atoms with Gasteiger partial charge in [-0.1, -0.05) is 28.1 Å². The number of hydrogen-bond acceptors (Lipinski definition) is 2. The Hall–Kier alpha value is -0.0900. The molecule has 0 atom stereocenters. The van der Waals surface area contributed by atoms with Crippen molar-refractivity contribution >= 4 is 21.7 Å². The van der Waals surface area contributed by atoms with Gasteiger partial charge in [0.15, 0.2) is 5.78 Å². The van der Waals surface area contributed by atoms with Gasteiger partial charge < -0.3 is 5.11 Å².